The first-order chi connectivity index (χ1) is 9.61. The van der Waals surface area contributed by atoms with Crippen LogP contribution in [0, 0.1) is 0 Å². The van der Waals surface area contributed by atoms with Gasteiger partial charge in [-0.3, -0.25) is 9.59 Å². The van der Waals surface area contributed by atoms with Crippen LogP contribution in [-0.4, -0.2) is 18.4 Å². The zero-order chi connectivity index (χ0) is 14.5. The summed E-state index contributed by atoms with van der Waals surface area (Å²) in [7, 11) is 0. The van der Waals surface area contributed by atoms with E-state index in [1.807, 2.05) is 12.3 Å². The van der Waals surface area contributed by atoms with E-state index in [1.165, 1.54) is 11.3 Å². The summed E-state index contributed by atoms with van der Waals surface area (Å²) in [6.45, 7) is 2.38. The molecule has 0 spiro atoms. The van der Waals surface area contributed by atoms with E-state index >= 15 is 0 Å². The quantitative estimate of drug-likeness (QED) is 0.909. The summed E-state index contributed by atoms with van der Waals surface area (Å²) < 4.78 is 0. The van der Waals surface area contributed by atoms with E-state index in [1.54, 1.807) is 30.3 Å². The average molecular weight is 309 g/mol. The highest BCUT2D eigenvalue weighted by molar-refractivity contribution is 7.12. The summed E-state index contributed by atoms with van der Waals surface area (Å²) in [4.78, 5) is 24.3. The van der Waals surface area contributed by atoms with Crippen molar-refractivity contribution in [2.24, 2.45) is 0 Å². The maximum Gasteiger partial charge on any atom is 0.265 e. The van der Waals surface area contributed by atoms with E-state index in [2.05, 4.69) is 10.6 Å². The van der Waals surface area contributed by atoms with Gasteiger partial charge in [0.1, 0.15) is 0 Å². The van der Waals surface area contributed by atoms with Crippen molar-refractivity contribution in [3.63, 3.8) is 0 Å². The topological polar surface area (TPSA) is 58.2 Å². The number of carbonyl (C=O) groups is 2. The minimum absolute atomic E-state index is 0.198. The van der Waals surface area contributed by atoms with E-state index in [-0.39, 0.29) is 11.8 Å². The number of halogens is 1. The molecule has 0 atom stereocenters. The Morgan fingerprint density at radius 3 is 2.70 bits per heavy atom. The van der Waals surface area contributed by atoms with Crippen molar-refractivity contribution in [2.45, 2.75) is 6.92 Å². The van der Waals surface area contributed by atoms with Crippen molar-refractivity contribution in [1.82, 2.24) is 5.32 Å². The zero-order valence-electron chi connectivity index (χ0n) is 10.8. The van der Waals surface area contributed by atoms with E-state index in [9.17, 15) is 9.59 Å². The number of amides is 2. The molecule has 1 heterocycles. The highest BCUT2D eigenvalue weighted by Gasteiger charge is 2.12. The van der Waals surface area contributed by atoms with Crippen LogP contribution < -0.4 is 10.6 Å². The second-order valence-corrected chi connectivity index (χ2v) is 5.34. The standard InChI is InChI=1S/C14H13ClN2O2S/c1-2-16-13(18)9-5-6-10(15)11(8-9)17-14(19)12-4-3-7-20-12/h3-8H,2H2,1H3,(H,16,18)(H,17,19). The molecule has 2 N–H and O–H groups in total. The molecule has 2 aromatic rings. The van der Waals surface area contributed by atoms with Crippen LogP contribution in [0.4, 0.5) is 5.69 Å². The third-order valence-corrected chi connectivity index (χ3v) is 3.76. The molecule has 1 aromatic carbocycles. The number of carbonyl (C=O) groups excluding carboxylic acids is 2. The lowest BCUT2D eigenvalue weighted by Crippen LogP contribution is -2.22. The number of benzene rings is 1. The molecule has 4 nitrogen and oxygen atoms in total. The second kappa shape index (κ2) is 6.54. The maximum atomic E-state index is 12.0. The number of rotatable bonds is 4. The lowest BCUT2D eigenvalue weighted by atomic mass is 10.2. The van der Waals surface area contributed by atoms with Gasteiger partial charge in [0.05, 0.1) is 15.6 Å². The Labute approximate surface area is 125 Å². The molecule has 0 bridgehead atoms. The van der Waals surface area contributed by atoms with Gasteiger partial charge in [0.25, 0.3) is 11.8 Å². The minimum atomic E-state index is -0.241. The molecule has 6 heteroatoms. The summed E-state index contributed by atoms with van der Waals surface area (Å²) in [5.74, 6) is -0.439. The summed E-state index contributed by atoms with van der Waals surface area (Å²) in [5, 5.41) is 7.62. The van der Waals surface area contributed by atoms with Gasteiger partial charge in [0.2, 0.25) is 0 Å². The van der Waals surface area contributed by atoms with E-state index < -0.39 is 0 Å². The van der Waals surface area contributed by atoms with Gasteiger partial charge in [0, 0.05) is 12.1 Å². The fourth-order valence-corrected chi connectivity index (χ4v) is 2.40. The van der Waals surface area contributed by atoms with Gasteiger partial charge in [-0.2, -0.15) is 0 Å². The van der Waals surface area contributed by atoms with Crippen LogP contribution in [0.1, 0.15) is 27.0 Å². The first-order valence-corrected chi connectivity index (χ1v) is 7.30. The summed E-state index contributed by atoms with van der Waals surface area (Å²) in [5.41, 5.74) is 0.881. The Bertz CT molecular complexity index is 626. The number of nitrogens with one attached hydrogen (secondary N) is 2. The molecule has 0 aliphatic carbocycles. The molecule has 2 amide bonds. The molecule has 0 radical (unpaired) electrons. The van der Waals surface area contributed by atoms with Crippen LogP contribution in [0.15, 0.2) is 35.7 Å². The van der Waals surface area contributed by atoms with Crippen molar-refractivity contribution in [1.29, 1.82) is 0 Å². The smallest absolute Gasteiger partial charge is 0.265 e. The molecule has 0 saturated carbocycles. The van der Waals surface area contributed by atoms with Crippen molar-refractivity contribution < 1.29 is 9.59 Å². The van der Waals surface area contributed by atoms with Crippen LogP contribution in [-0.2, 0) is 0 Å². The van der Waals surface area contributed by atoms with Crippen molar-refractivity contribution >= 4 is 40.4 Å². The summed E-state index contributed by atoms with van der Waals surface area (Å²) >= 11 is 7.38. The summed E-state index contributed by atoms with van der Waals surface area (Å²) in [6, 6.07) is 8.30. The lowest BCUT2D eigenvalue weighted by molar-refractivity contribution is 0.0954. The Morgan fingerprint density at radius 2 is 2.05 bits per heavy atom. The number of hydrogen-bond acceptors (Lipinski definition) is 3. The molecule has 0 fully saturated rings. The molecule has 0 unspecified atom stereocenters. The average Bonchev–Trinajstić information content (AvgIpc) is 2.95. The molecule has 104 valence electrons. The van der Waals surface area contributed by atoms with Gasteiger partial charge in [0.15, 0.2) is 0 Å². The third kappa shape index (κ3) is 3.37. The van der Waals surface area contributed by atoms with E-state index in [0.29, 0.717) is 27.7 Å². The van der Waals surface area contributed by atoms with E-state index in [4.69, 9.17) is 11.6 Å². The van der Waals surface area contributed by atoms with Crippen molar-refractivity contribution in [3.05, 3.63) is 51.2 Å². The van der Waals surface area contributed by atoms with Gasteiger partial charge >= 0.3 is 0 Å². The number of hydrogen-bond donors (Lipinski definition) is 2. The largest absolute Gasteiger partial charge is 0.352 e. The summed E-state index contributed by atoms with van der Waals surface area (Å²) in [6.07, 6.45) is 0. The van der Waals surface area contributed by atoms with Crippen LogP contribution in [0.2, 0.25) is 5.02 Å². The predicted octanol–water partition coefficient (Wildman–Crippen LogP) is 3.40. The number of anilines is 1. The SMILES string of the molecule is CCNC(=O)c1ccc(Cl)c(NC(=O)c2cccs2)c1. The number of thiophene rings is 1. The minimum Gasteiger partial charge on any atom is -0.352 e. The Hall–Kier alpha value is -1.85. The third-order valence-electron chi connectivity index (χ3n) is 2.56. The molecule has 20 heavy (non-hydrogen) atoms. The van der Waals surface area contributed by atoms with Crippen LogP contribution in [0.5, 0.6) is 0 Å². The molecule has 2 rings (SSSR count). The molecular formula is C14H13ClN2O2S. The highest BCUT2D eigenvalue weighted by atomic mass is 35.5. The molecule has 0 aliphatic heterocycles. The Kier molecular flexibility index (Phi) is 4.76. The Morgan fingerprint density at radius 1 is 1.25 bits per heavy atom. The normalized spacial score (nSPS) is 10.1. The first-order valence-electron chi connectivity index (χ1n) is 6.04. The van der Waals surface area contributed by atoms with Crippen molar-refractivity contribution in [3.8, 4) is 0 Å². The van der Waals surface area contributed by atoms with Gasteiger partial charge in [-0.1, -0.05) is 17.7 Å². The van der Waals surface area contributed by atoms with Crippen LogP contribution >= 0.6 is 22.9 Å². The van der Waals surface area contributed by atoms with E-state index in [0.717, 1.165) is 0 Å². The monoisotopic (exact) mass is 308 g/mol. The molecule has 0 saturated heterocycles. The molecule has 1 aromatic heterocycles. The van der Waals surface area contributed by atoms with Gasteiger partial charge in [-0.25, -0.2) is 0 Å². The fraction of sp³-hybridized carbons (Fsp3) is 0.143. The van der Waals surface area contributed by atoms with Gasteiger partial charge in [-0.05, 0) is 36.6 Å². The maximum absolute atomic E-state index is 12.0. The fourth-order valence-electron chi connectivity index (χ4n) is 1.62. The van der Waals surface area contributed by atoms with Gasteiger partial charge in [-0.15, -0.1) is 11.3 Å². The van der Waals surface area contributed by atoms with Crippen LogP contribution in [0.25, 0.3) is 0 Å². The highest BCUT2D eigenvalue weighted by Crippen LogP contribution is 2.24. The first kappa shape index (κ1) is 14.6. The zero-order valence-corrected chi connectivity index (χ0v) is 12.3. The Balaban J connectivity index is 2.21. The molecule has 0 aliphatic rings. The van der Waals surface area contributed by atoms with Crippen molar-refractivity contribution in [2.75, 3.05) is 11.9 Å². The second-order valence-electron chi connectivity index (χ2n) is 3.99. The van der Waals surface area contributed by atoms with Crippen LogP contribution in [0.3, 0.4) is 0 Å². The predicted molar refractivity (Wildman–Crippen MR) is 81.7 cm³/mol. The lowest BCUT2D eigenvalue weighted by Gasteiger charge is -2.09. The molecular weight excluding hydrogens is 296 g/mol. The van der Waals surface area contributed by atoms with Gasteiger partial charge < -0.3 is 10.6 Å².